The van der Waals surface area contributed by atoms with Gasteiger partial charge >= 0.3 is 6.18 Å². The van der Waals surface area contributed by atoms with Crippen molar-refractivity contribution in [1.82, 2.24) is 10.2 Å². The average Bonchev–Trinajstić information content (AvgIpc) is 2.94. The molecule has 0 bridgehead atoms. The summed E-state index contributed by atoms with van der Waals surface area (Å²) in [5.41, 5.74) is -0.555. The number of amides is 2. The first kappa shape index (κ1) is 33.9. The van der Waals surface area contributed by atoms with Crippen molar-refractivity contribution in [3.63, 3.8) is 0 Å². The van der Waals surface area contributed by atoms with E-state index in [4.69, 9.17) is 11.6 Å². The minimum atomic E-state index is -4.89. The maximum Gasteiger partial charge on any atom is 0.417 e. The quantitative estimate of drug-likeness (QED) is 0.253. The van der Waals surface area contributed by atoms with Gasteiger partial charge in [0, 0.05) is 19.0 Å². The van der Waals surface area contributed by atoms with E-state index in [0.717, 1.165) is 23.3 Å². The lowest BCUT2D eigenvalue weighted by Gasteiger charge is -2.34. The fraction of sp³-hybridized carbons (Fsp3) is 0.333. The van der Waals surface area contributed by atoms with Gasteiger partial charge in [-0.15, -0.1) is 0 Å². The molecule has 0 aliphatic rings. The van der Waals surface area contributed by atoms with Crippen LogP contribution in [0.5, 0.6) is 0 Å². The van der Waals surface area contributed by atoms with Gasteiger partial charge in [0.2, 0.25) is 21.8 Å². The van der Waals surface area contributed by atoms with E-state index in [1.807, 2.05) is 6.92 Å². The molecule has 232 valence electrons. The monoisotopic (exact) mass is 641 g/mol. The van der Waals surface area contributed by atoms with Crippen molar-refractivity contribution in [2.75, 3.05) is 17.1 Å². The Kier molecular flexibility index (Phi) is 11.2. The molecule has 2 atom stereocenters. The highest BCUT2D eigenvalue weighted by Gasteiger charge is 2.36. The molecule has 43 heavy (non-hydrogen) atoms. The van der Waals surface area contributed by atoms with Crippen LogP contribution < -0.4 is 9.62 Å². The van der Waals surface area contributed by atoms with Crippen LogP contribution in [0.4, 0.5) is 23.2 Å². The molecule has 0 saturated heterocycles. The summed E-state index contributed by atoms with van der Waals surface area (Å²) in [6.45, 7) is 2.52. The van der Waals surface area contributed by atoms with Gasteiger partial charge in [-0.3, -0.25) is 13.9 Å². The smallest absolute Gasteiger partial charge is 0.352 e. The molecule has 0 aromatic heterocycles. The number of nitrogens with one attached hydrogen (secondary N) is 1. The summed E-state index contributed by atoms with van der Waals surface area (Å²) in [4.78, 5) is 28.8. The van der Waals surface area contributed by atoms with Crippen molar-refractivity contribution in [1.29, 1.82) is 0 Å². The van der Waals surface area contributed by atoms with Crippen molar-refractivity contribution in [2.45, 2.75) is 51.5 Å². The minimum absolute atomic E-state index is 0.0497. The van der Waals surface area contributed by atoms with Gasteiger partial charge in [-0.2, -0.15) is 13.2 Å². The number of hydrogen-bond donors (Lipinski definition) is 1. The number of anilines is 1. The molecular weight excluding hydrogens is 610 g/mol. The fourth-order valence-corrected chi connectivity index (χ4v) is 5.35. The van der Waals surface area contributed by atoms with Crippen LogP contribution in [-0.2, 0) is 38.8 Å². The summed E-state index contributed by atoms with van der Waals surface area (Å²) in [6.07, 6.45) is -3.49. The third-order valence-electron chi connectivity index (χ3n) is 6.76. The van der Waals surface area contributed by atoms with E-state index < -0.39 is 62.7 Å². The van der Waals surface area contributed by atoms with Gasteiger partial charge in [-0.05, 0) is 54.8 Å². The van der Waals surface area contributed by atoms with Crippen molar-refractivity contribution in [3.8, 4) is 0 Å². The second kappa shape index (κ2) is 14.2. The second-order valence-corrected chi connectivity index (χ2v) is 12.4. The number of sulfonamides is 1. The van der Waals surface area contributed by atoms with Gasteiger partial charge in [0.05, 0.1) is 22.5 Å². The SMILES string of the molecule is CC[C@H](C)NC(=O)[C@H](Cc1ccccc1)N(Cc1ccc(F)cc1)C(=O)CN(c1ccc(Cl)c(C(F)(F)F)c1)S(C)(=O)=O. The Morgan fingerprint density at radius 2 is 1.60 bits per heavy atom. The molecule has 3 rings (SSSR count). The van der Waals surface area contributed by atoms with E-state index in [2.05, 4.69) is 5.32 Å². The topological polar surface area (TPSA) is 86.8 Å². The number of alkyl halides is 3. The van der Waals surface area contributed by atoms with Gasteiger partial charge in [0.1, 0.15) is 18.4 Å². The first-order valence-electron chi connectivity index (χ1n) is 13.3. The first-order valence-corrected chi connectivity index (χ1v) is 15.6. The molecule has 2 amide bonds. The zero-order valence-corrected chi connectivity index (χ0v) is 25.3. The van der Waals surface area contributed by atoms with E-state index in [0.29, 0.717) is 27.9 Å². The van der Waals surface area contributed by atoms with Crippen molar-refractivity contribution >= 4 is 39.1 Å². The van der Waals surface area contributed by atoms with Crippen molar-refractivity contribution in [3.05, 3.63) is 100 Å². The fourth-order valence-electron chi connectivity index (χ4n) is 4.28. The molecule has 0 saturated carbocycles. The lowest BCUT2D eigenvalue weighted by molar-refractivity contribution is -0.140. The summed E-state index contributed by atoms with van der Waals surface area (Å²) < 4.78 is 80.6. The van der Waals surface area contributed by atoms with Crippen LogP contribution in [0.2, 0.25) is 5.02 Å². The number of hydrogen-bond acceptors (Lipinski definition) is 4. The van der Waals surface area contributed by atoms with E-state index >= 15 is 0 Å². The number of carbonyl (C=O) groups is 2. The van der Waals surface area contributed by atoms with Crippen LogP contribution in [0, 0.1) is 5.82 Å². The summed E-state index contributed by atoms with van der Waals surface area (Å²) in [5.74, 6) is -1.90. The third-order valence-corrected chi connectivity index (χ3v) is 8.23. The summed E-state index contributed by atoms with van der Waals surface area (Å²) in [5, 5.41) is 2.22. The van der Waals surface area contributed by atoms with Gasteiger partial charge < -0.3 is 10.2 Å². The molecule has 3 aromatic carbocycles. The Hall–Kier alpha value is -3.64. The highest BCUT2D eigenvalue weighted by atomic mass is 35.5. The Bertz CT molecular complexity index is 1520. The molecular formula is C30H32ClF4N3O4S. The molecule has 0 aliphatic carbocycles. The predicted molar refractivity (Wildman–Crippen MR) is 157 cm³/mol. The average molecular weight is 642 g/mol. The molecule has 0 unspecified atom stereocenters. The standard InChI is InChI=1S/C30H32ClF4N3O4S/c1-4-20(2)36-29(40)27(16-21-8-6-5-7-9-21)37(18-22-10-12-23(32)13-11-22)28(39)19-38(43(3,41)42)24-14-15-26(31)25(17-24)30(33,34)35/h5-15,17,20,27H,4,16,18-19H2,1-3H3,(H,36,40)/t20-,27-/m0/s1. The van der Waals surface area contributed by atoms with E-state index in [1.54, 1.807) is 37.3 Å². The minimum Gasteiger partial charge on any atom is -0.352 e. The Morgan fingerprint density at radius 1 is 0.977 bits per heavy atom. The number of halogens is 5. The van der Waals surface area contributed by atoms with Gasteiger partial charge in [0.25, 0.3) is 0 Å². The number of benzene rings is 3. The Labute approximate surface area is 253 Å². The van der Waals surface area contributed by atoms with Crippen LogP contribution >= 0.6 is 11.6 Å². The van der Waals surface area contributed by atoms with E-state index in [1.165, 1.54) is 24.3 Å². The summed E-state index contributed by atoms with van der Waals surface area (Å²) in [7, 11) is -4.30. The molecule has 1 N–H and O–H groups in total. The Morgan fingerprint density at radius 3 is 2.16 bits per heavy atom. The molecule has 0 heterocycles. The normalized spacial score (nSPS) is 13.2. The van der Waals surface area contributed by atoms with Crippen molar-refractivity contribution < 1.29 is 35.6 Å². The maximum absolute atomic E-state index is 14.0. The zero-order chi connectivity index (χ0) is 31.9. The molecule has 13 heteroatoms. The summed E-state index contributed by atoms with van der Waals surface area (Å²) >= 11 is 5.73. The van der Waals surface area contributed by atoms with Gasteiger partial charge in [0.15, 0.2) is 0 Å². The van der Waals surface area contributed by atoms with Gasteiger partial charge in [-0.1, -0.05) is 61.0 Å². The lowest BCUT2D eigenvalue weighted by Crippen LogP contribution is -2.54. The molecule has 0 aliphatic heterocycles. The first-order chi connectivity index (χ1) is 20.1. The van der Waals surface area contributed by atoms with Crippen LogP contribution in [0.3, 0.4) is 0 Å². The predicted octanol–water partition coefficient (Wildman–Crippen LogP) is 5.82. The van der Waals surface area contributed by atoms with E-state index in [9.17, 15) is 35.6 Å². The number of nitrogens with zero attached hydrogens (tertiary/aromatic N) is 2. The largest absolute Gasteiger partial charge is 0.417 e. The molecule has 7 nitrogen and oxygen atoms in total. The van der Waals surface area contributed by atoms with Gasteiger partial charge in [-0.25, -0.2) is 12.8 Å². The third kappa shape index (κ3) is 9.42. The molecule has 0 spiro atoms. The van der Waals surface area contributed by atoms with Crippen LogP contribution in [0.25, 0.3) is 0 Å². The number of carbonyl (C=O) groups excluding carboxylic acids is 2. The number of rotatable bonds is 12. The highest BCUT2D eigenvalue weighted by Crippen LogP contribution is 2.37. The molecule has 3 aromatic rings. The highest BCUT2D eigenvalue weighted by molar-refractivity contribution is 7.92. The van der Waals surface area contributed by atoms with Crippen molar-refractivity contribution in [2.24, 2.45) is 0 Å². The molecule has 0 radical (unpaired) electrons. The zero-order valence-electron chi connectivity index (χ0n) is 23.7. The van der Waals surface area contributed by atoms with Crippen LogP contribution in [-0.4, -0.2) is 50.0 Å². The molecule has 0 fully saturated rings. The Balaban J connectivity index is 2.10. The van der Waals surface area contributed by atoms with Crippen LogP contribution in [0.1, 0.15) is 37.0 Å². The van der Waals surface area contributed by atoms with Crippen LogP contribution in [0.15, 0.2) is 72.8 Å². The lowest BCUT2D eigenvalue weighted by atomic mass is 10.0. The second-order valence-electron chi connectivity index (χ2n) is 10.1. The van der Waals surface area contributed by atoms with E-state index in [-0.39, 0.29) is 19.0 Å². The maximum atomic E-state index is 14.0. The summed E-state index contributed by atoms with van der Waals surface area (Å²) in [6, 6.07) is 15.1.